The van der Waals surface area contributed by atoms with E-state index in [0.717, 1.165) is 17.7 Å². The van der Waals surface area contributed by atoms with E-state index in [2.05, 4.69) is 0 Å². The first-order valence-corrected chi connectivity index (χ1v) is 10.6. The molecule has 2 aliphatic heterocycles. The zero-order chi connectivity index (χ0) is 22.1. The van der Waals surface area contributed by atoms with E-state index in [9.17, 15) is 14.7 Å². The highest BCUT2D eigenvalue weighted by Crippen LogP contribution is 2.40. The fourth-order valence-corrected chi connectivity index (χ4v) is 4.05. The van der Waals surface area contributed by atoms with Gasteiger partial charge >= 0.3 is 0 Å². The lowest BCUT2D eigenvalue weighted by Crippen LogP contribution is -2.31. The van der Waals surface area contributed by atoms with E-state index in [1.54, 1.807) is 31.2 Å². The van der Waals surface area contributed by atoms with E-state index >= 15 is 0 Å². The molecule has 1 aromatic carbocycles. The average Bonchev–Trinajstić information content (AvgIpc) is 3.44. The minimum absolute atomic E-state index is 0.0444. The molecule has 1 N–H and O–H groups in total. The summed E-state index contributed by atoms with van der Waals surface area (Å²) in [6, 6.07) is 8.04. The van der Waals surface area contributed by atoms with Crippen LogP contribution in [0, 0.1) is 6.92 Å². The average molecular weight is 425 g/mol. The van der Waals surface area contributed by atoms with Crippen molar-refractivity contribution >= 4 is 17.4 Å². The van der Waals surface area contributed by atoms with Gasteiger partial charge in [-0.05, 0) is 63.1 Å². The van der Waals surface area contributed by atoms with Gasteiger partial charge in [0.1, 0.15) is 29.1 Å². The molecule has 2 aliphatic rings. The number of ketones is 1. The number of aliphatic hydroxyl groups is 1. The fourth-order valence-electron chi connectivity index (χ4n) is 4.05. The van der Waals surface area contributed by atoms with Crippen molar-refractivity contribution in [2.45, 2.75) is 45.8 Å². The maximum atomic E-state index is 13.0. The minimum atomic E-state index is -0.780. The number of benzene rings is 1. The Morgan fingerprint density at radius 3 is 2.77 bits per heavy atom. The topological polar surface area (TPSA) is 89.2 Å². The molecule has 0 bridgehead atoms. The number of fused-ring (bicyclic) bond motifs is 1. The lowest BCUT2D eigenvalue weighted by molar-refractivity contribution is -0.140. The highest BCUT2D eigenvalue weighted by atomic mass is 16.5. The van der Waals surface area contributed by atoms with Crippen LogP contribution in [0.5, 0.6) is 5.75 Å². The number of furan rings is 1. The minimum Gasteiger partial charge on any atom is -0.507 e. The van der Waals surface area contributed by atoms with Gasteiger partial charge in [-0.2, -0.15) is 0 Å². The molecule has 31 heavy (non-hydrogen) atoms. The van der Waals surface area contributed by atoms with E-state index in [0.29, 0.717) is 43.3 Å². The number of ether oxygens (including phenoxy) is 2. The van der Waals surface area contributed by atoms with Gasteiger partial charge in [0.15, 0.2) is 0 Å². The monoisotopic (exact) mass is 425 g/mol. The normalized spacial score (nSPS) is 19.9. The zero-order valence-corrected chi connectivity index (χ0v) is 18.0. The number of hydrogen-bond donors (Lipinski definition) is 1. The zero-order valence-electron chi connectivity index (χ0n) is 18.0. The van der Waals surface area contributed by atoms with Gasteiger partial charge in [0.05, 0.1) is 18.3 Å². The summed E-state index contributed by atoms with van der Waals surface area (Å²) in [5.74, 6) is 0.340. The molecule has 3 heterocycles. The van der Waals surface area contributed by atoms with Crippen molar-refractivity contribution in [1.82, 2.24) is 4.90 Å². The number of Topliss-reactive ketones (excluding diaryl/α,β-unsaturated/α-hetero) is 1. The van der Waals surface area contributed by atoms with E-state index in [1.165, 1.54) is 4.90 Å². The van der Waals surface area contributed by atoms with Crippen molar-refractivity contribution in [1.29, 1.82) is 0 Å². The Kier molecular flexibility index (Phi) is 5.87. The summed E-state index contributed by atoms with van der Waals surface area (Å²) in [6.45, 7) is 7.06. The molecule has 164 valence electrons. The third-order valence-electron chi connectivity index (χ3n) is 5.53. The predicted octanol–water partition coefficient (Wildman–Crippen LogP) is 3.76. The van der Waals surface area contributed by atoms with Crippen molar-refractivity contribution in [3.05, 3.63) is 58.6 Å². The van der Waals surface area contributed by atoms with E-state index in [-0.39, 0.29) is 17.4 Å². The lowest BCUT2D eigenvalue weighted by Gasteiger charge is -2.23. The Bertz CT molecular complexity index is 1030. The quantitative estimate of drug-likeness (QED) is 0.314. The Morgan fingerprint density at radius 2 is 2.06 bits per heavy atom. The Morgan fingerprint density at radius 1 is 1.26 bits per heavy atom. The molecule has 1 aromatic heterocycles. The second kappa shape index (κ2) is 8.59. The van der Waals surface area contributed by atoms with Gasteiger partial charge < -0.3 is 23.9 Å². The Balaban J connectivity index is 1.71. The van der Waals surface area contributed by atoms with Crippen LogP contribution < -0.4 is 4.74 Å². The van der Waals surface area contributed by atoms with Crippen molar-refractivity contribution in [3.8, 4) is 5.75 Å². The first-order chi connectivity index (χ1) is 14.9. The number of likely N-dealkylation sites (tertiary alicyclic amines) is 1. The van der Waals surface area contributed by atoms with Gasteiger partial charge in [0.2, 0.25) is 0 Å². The summed E-state index contributed by atoms with van der Waals surface area (Å²) in [6.07, 6.45) is 1.39. The standard InChI is InChI=1S/C24H27NO6/c1-14(2)29-11-4-10-25-21(19-7-5-15(3)31-19)20(23(27)24(25)28)22(26)17-6-8-18-16(13-17)9-12-30-18/h5-8,13-14,21,26H,4,9-12H2,1-3H3/b22-20-. The summed E-state index contributed by atoms with van der Waals surface area (Å²) in [7, 11) is 0. The molecule has 1 fully saturated rings. The highest BCUT2D eigenvalue weighted by molar-refractivity contribution is 6.46. The molecule has 0 radical (unpaired) electrons. The number of carbonyl (C=O) groups is 2. The predicted molar refractivity (Wildman–Crippen MR) is 114 cm³/mol. The van der Waals surface area contributed by atoms with Crippen molar-refractivity contribution < 1.29 is 28.6 Å². The molecule has 0 aliphatic carbocycles. The van der Waals surface area contributed by atoms with Crippen molar-refractivity contribution in [3.63, 3.8) is 0 Å². The Hall–Kier alpha value is -3.06. The number of rotatable bonds is 7. The molecule has 7 heteroatoms. The Labute approximate surface area is 181 Å². The molecule has 0 saturated carbocycles. The second-order valence-electron chi connectivity index (χ2n) is 8.13. The van der Waals surface area contributed by atoms with Crippen LogP contribution in [0.1, 0.15) is 49.0 Å². The number of carbonyl (C=O) groups excluding carboxylic acids is 2. The fraction of sp³-hybridized carbons (Fsp3) is 0.417. The van der Waals surface area contributed by atoms with Crippen LogP contribution in [0.3, 0.4) is 0 Å². The van der Waals surface area contributed by atoms with Crippen LogP contribution in [0.2, 0.25) is 0 Å². The molecule has 4 rings (SSSR count). The molecule has 1 unspecified atom stereocenters. The highest BCUT2D eigenvalue weighted by Gasteiger charge is 2.47. The maximum Gasteiger partial charge on any atom is 0.295 e. The van der Waals surface area contributed by atoms with Crippen LogP contribution in [0.4, 0.5) is 0 Å². The van der Waals surface area contributed by atoms with Gasteiger partial charge in [-0.3, -0.25) is 9.59 Å². The second-order valence-corrected chi connectivity index (χ2v) is 8.13. The molecule has 0 spiro atoms. The van der Waals surface area contributed by atoms with Gasteiger partial charge in [-0.25, -0.2) is 0 Å². The summed E-state index contributed by atoms with van der Waals surface area (Å²) in [4.78, 5) is 27.3. The summed E-state index contributed by atoms with van der Waals surface area (Å²) in [5, 5.41) is 11.1. The third-order valence-corrected chi connectivity index (χ3v) is 5.53. The number of aliphatic hydroxyl groups excluding tert-OH is 1. The SMILES string of the molecule is Cc1ccc(C2/C(=C(/O)c3ccc4c(c3)CCO4)C(=O)C(=O)N2CCCOC(C)C)o1. The number of aryl methyl sites for hydroxylation is 1. The van der Waals surface area contributed by atoms with Crippen LogP contribution in [-0.4, -0.2) is 47.6 Å². The number of amides is 1. The number of hydrogen-bond acceptors (Lipinski definition) is 6. The van der Waals surface area contributed by atoms with Crippen LogP contribution in [0.15, 0.2) is 40.3 Å². The first kappa shape index (κ1) is 21.2. The summed E-state index contributed by atoms with van der Waals surface area (Å²) >= 11 is 0. The van der Waals surface area contributed by atoms with Crippen molar-refractivity contribution in [2.24, 2.45) is 0 Å². The molecular weight excluding hydrogens is 398 g/mol. The lowest BCUT2D eigenvalue weighted by atomic mass is 9.98. The third kappa shape index (κ3) is 4.10. The van der Waals surface area contributed by atoms with Gasteiger partial charge in [0.25, 0.3) is 11.7 Å². The molecule has 1 atom stereocenters. The first-order valence-electron chi connectivity index (χ1n) is 10.6. The van der Waals surface area contributed by atoms with Gasteiger partial charge in [0, 0.05) is 25.1 Å². The maximum absolute atomic E-state index is 13.0. The van der Waals surface area contributed by atoms with E-state index in [1.807, 2.05) is 19.9 Å². The molecule has 7 nitrogen and oxygen atoms in total. The van der Waals surface area contributed by atoms with E-state index in [4.69, 9.17) is 13.9 Å². The molecule has 1 saturated heterocycles. The molecule has 2 aromatic rings. The number of nitrogens with zero attached hydrogens (tertiary/aromatic N) is 1. The van der Waals surface area contributed by atoms with Gasteiger partial charge in [-0.1, -0.05) is 0 Å². The van der Waals surface area contributed by atoms with Crippen molar-refractivity contribution in [2.75, 3.05) is 19.8 Å². The summed E-state index contributed by atoms with van der Waals surface area (Å²) < 4.78 is 16.9. The summed E-state index contributed by atoms with van der Waals surface area (Å²) in [5.41, 5.74) is 1.50. The molecular formula is C24H27NO6. The van der Waals surface area contributed by atoms with Gasteiger partial charge in [-0.15, -0.1) is 0 Å². The van der Waals surface area contributed by atoms with Crippen LogP contribution in [-0.2, 0) is 20.7 Å². The van der Waals surface area contributed by atoms with E-state index < -0.39 is 17.7 Å². The largest absolute Gasteiger partial charge is 0.507 e. The van der Waals surface area contributed by atoms with Crippen LogP contribution >= 0.6 is 0 Å². The molecule has 1 amide bonds. The smallest absolute Gasteiger partial charge is 0.295 e. The van der Waals surface area contributed by atoms with Crippen LogP contribution in [0.25, 0.3) is 5.76 Å².